The topological polar surface area (TPSA) is 75.7 Å². The van der Waals surface area contributed by atoms with Crippen molar-refractivity contribution in [3.05, 3.63) is 0 Å². The zero-order valence-electron chi connectivity index (χ0n) is 10.4. The highest BCUT2D eigenvalue weighted by atomic mass is 32.2. The number of rotatable bonds is 4. The monoisotopic (exact) mass is 276 g/mol. The number of amides is 1. The van der Waals surface area contributed by atoms with E-state index in [1.54, 1.807) is 0 Å². The van der Waals surface area contributed by atoms with Gasteiger partial charge < -0.3 is 10.1 Å². The molecule has 2 fully saturated rings. The molecule has 18 heavy (non-hydrogen) atoms. The molecular weight excluding hydrogens is 256 g/mol. The predicted octanol–water partition coefficient (Wildman–Crippen LogP) is -0.293. The van der Waals surface area contributed by atoms with Gasteiger partial charge in [0, 0.05) is 19.7 Å². The van der Waals surface area contributed by atoms with Crippen LogP contribution in [-0.4, -0.2) is 56.7 Å². The van der Waals surface area contributed by atoms with Crippen LogP contribution in [0.5, 0.6) is 0 Å². The van der Waals surface area contributed by atoms with Gasteiger partial charge in [0.1, 0.15) is 0 Å². The van der Waals surface area contributed by atoms with E-state index in [1.807, 2.05) is 0 Å². The summed E-state index contributed by atoms with van der Waals surface area (Å²) in [7, 11) is -3.21. The van der Waals surface area contributed by atoms with E-state index < -0.39 is 10.0 Å². The van der Waals surface area contributed by atoms with E-state index in [-0.39, 0.29) is 24.3 Å². The lowest BCUT2D eigenvalue weighted by molar-refractivity contribution is -0.121. The minimum Gasteiger partial charge on any atom is -0.376 e. The lowest BCUT2D eigenvalue weighted by Crippen LogP contribution is -2.45. The van der Waals surface area contributed by atoms with E-state index in [2.05, 4.69) is 5.32 Å². The molecule has 0 spiro atoms. The van der Waals surface area contributed by atoms with Gasteiger partial charge in [-0.2, -0.15) is 4.31 Å². The van der Waals surface area contributed by atoms with Crippen LogP contribution in [0.15, 0.2) is 0 Å². The Kier molecular flexibility index (Phi) is 4.58. The lowest BCUT2D eigenvalue weighted by Gasteiger charge is -2.25. The van der Waals surface area contributed by atoms with Crippen LogP contribution in [0.2, 0.25) is 0 Å². The molecule has 6 nitrogen and oxygen atoms in total. The molecule has 1 atom stereocenters. The highest BCUT2D eigenvalue weighted by Crippen LogP contribution is 2.13. The number of sulfonamides is 1. The summed E-state index contributed by atoms with van der Waals surface area (Å²) < 4.78 is 30.1. The van der Waals surface area contributed by atoms with Crippen LogP contribution >= 0.6 is 0 Å². The van der Waals surface area contributed by atoms with Crippen molar-refractivity contribution in [2.24, 2.45) is 0 Å². The smallest absolute Gasteiger partial charge is 0.235 e. The van der Waals surface area contributed by atoms with Crippen molar-refractivity contribution in [3.63, 3.8) is 0 Å². The third kappa shape index (κ3) is 3.66. The molecule has 2 rings (SSSR count). The quantitative estimate of drug-likeness (QED) is 0.765. The summed E-state index contributed by atoms with van der Waals surface area (Å²) in [4.78, 5) is 11.7. The van der Waals surface area contributed by atoms with Gasteiger partial charge in [0.25, 0.3) is 0 Å². The van der Waals surface area contributed by atoms with Gasteiger partial charge in [-0.3, -0.25) is 4.79 Å². The summed E-state index contributed by atoms with van der Waals surface area (Å²) in [6.45, 7) is 1.62. The van der Waals surface area contributed by atoms with Gasteiger partial charge in [0.05, 0.1) is 18.4 Å². The number of nitrogens with zero attached hydrogens (tertiary/aromatic N) is 1. The molecule has 104 valence electrons. The van der Waals surface area contributed by atoms with Crippen LogP contribution in [0.4, 0.5) is 0 Å². The van der Waals surface area contributed by atoms with Gasteiger partial charge in [-0.1, -0.05) is 0 Å². The predicted molar refractivity (Wildman–Crippen MR) is 66.6 cm³/mol. The van der Waals surface area contributed by atoms with Crippen molar-refractivity contribution < 1.29 is 17.9 Å². The van der Waals surface area contributed by atoms with Crippen molar-refractivity contribution in [2.75, 3.05) is 32.0 Å². The summed E-state index contributed by atoms with van der Waals surface area (Å²) in [5.41, 5.74) is 0. The van der Waals surface area contributed by atoms with Gasteiger partial charge in [-0.05, 0) is 25.7 Å². The van der Waals surface area contributed by atoms with Crippen molar-refractivity contribution in [2.45, 2.75) is 31.8 Å². The number of hydrogen-bond donors (Lipinski definition) is 1. The van der Waals surface area contributed by atoms with Gasteiger partial charge in [0.15, 0.2) is 0 Å². The van der Waals surface area contributed by atoms with Crippen LogP contribution in [-0.2, 0) is 19.6 Å². The molecule has 1 amide bonds. The van der Waals surface area contributed by atoms with E-state index in [0.717, 1.165) is 25.9 Å². The van der Waals surface area contributed by atoms with E-state index in [1.165, 1.54) is 4.31 Å². The lowest BCUT2D eigenvalue weighted by atomic mass is 10.2. The second kappa shape index (κ2) is 5.99. The summed E-state index contributed by atoms with van der Waals surface area (Å²) >= 11 is 0. The van der Waals surface area contributed by atoms with E-state index in [4.69, 9.17) is 4.74 Å². The molecule has 0 bridgehead atoms. The minimum absolute atomic E-state index is 0.0605. The second-order valence-corrected chi connectivity index (χ2v) is 6.88. The summed E-state index contributed by atoms with van der Waals surface area (Å²) in [6, 6.07) is 0. The number of ether oxygens (including phenoxy) is 1. The largest absolute Gasteiger partial charge is 0.376 e. The Hall–Kier alpha value is -0.660. The first kappa shape index (κ1) is 13.8. The molecule has 1 N–H and O–H groups in total. The highest BCUT2D eigenvalue weighted by Gasteiger charge is 2.27. The molecule has 0 aromatic rings. The molecular formula is C11H20N2O4S. The fourth-order valence-electron chi connectivity index (χ4n) is 2.27. The molecule has 0 saturated carbocycles. The van der Waals surface area contributed by atoms with Gasteiger partial charge in [-0.15, -0.1) is 0 Å². The van der Waals surface area contributed by atoms with E-state index in [0.29, 0.717) is 19.5 Å². The molecule has 0 aromatic heterocycles. The van der Waals surface area contributed by atoms with Crippen LogP contribution in [0, 0.1) is 0 Å². The molecule has 2 aliphatic heterocycles. The van der Waals surface area contributed by atoms with Crippen molar-refractivity contribution >= 4 is 15.9 Å². The Balaban J connectivity index is 1.76. The van der Waals surface area contributed by atoms with Crippen LogP contribution in [0.3, 0.4) is 0 Å². The molecule has 0 radical (unpaired) electrons. The normalized spacial score (nSPS) is 28.1. The number of nitrogens with one attached hydrogen (secondary N) is 1. The zero-order chi connectivity index (χ0) is 13.0. The average Bonchev–Trinajstić information content (AvgIpc) is 2.82. The second-order valence-electron chi connectivity index (χ2n) is 4.80. The minimum atomic E-state index is -3.21. The highest BCUT2D eigenvalue weighted by molar-refractivity contribution is 7.89. The zero-order valence-corrected chi connectivity index (χ0v) is 11.2. The SMILES string of the molecule is O=C(CN1CCCCS1(=O)=O)NCC1CCCO1. The Bertz CT molecular complexity index is 390. The Morgan fingerprint density at radius 3 is 2.83 bits per heavy atom. The van der Waals surface area contributed by atoms with Gasteiger partial charge >= 0.3 is 0 Å². The van der Waals surface area contributed by atoms with Crippen LogP contribution < -0.4 is 5.32 Å². The third-order valence-corrected chi connectivity index (χ3v) is 5.23. The van der Waals surface area contributed by atoms with E-state index in [9.17, 15) is 13.2 Å². The summed E-state index contributed by atoms with van der Waals surface area (Å²) in [6.07, 6.45) is 3.60. The molecule has 0 aromatic carbocycles. The van der Waals surface area contributed by atoms with Crippen LogP contribution in [0.1, 0.15) is 25.7 Å². The molecule has 2 aliphatic rings. The Labute approximate surface area is 108 Å². The standard InChI is InChI=1S/C11H20N2O4S/c14-11(12-8-10-4-3-6-17-10)9-13-5-1-2-7-18(13,15)16/h10H,1-9H2,(H,12,14). The molecule has 0 aliphatic carbocycles. The van der Waals surface area contributed by atoms with Gasteiger partial charge in [0.2, 0.25) is 15.9 Å². The Morgan fingerprint density at radius 2 is 2.17 bits per heavy atom. The fourth-order valence-corrected chi connectivity index (χ4v) is 3.82. The van der Waals surface area contributed by atoms with Gasteiger partial charge in [-0.25, -0.2) is 8.42 Å². The fraction of sp³-hybridized carbons (Fsp3) is 0.909. The molecule has 2 heterocycles. The van der Waals surface area contributed by atoms with E-state index >= 15 is 0 Å². The first-order valence-corrected chi connectivity index (χ1v) is 8.05. The van der Waals surface area contributed by atoms with Crippen LogP contribution in [0.25, 0.3) is 0 Å². The first-order chi connectivity index (χ1) is 8.58. The molecule has 2 saturated heterocycles. The number of carbonyl (C=O) groups is 1. The first-order valence-electron chi connectivity index (χ1n) is 6.44. The number of carbonyl (C=O) groups excluding carboxylic acids is 1. The molecule has 1 unspecified atom stereocenters. The maximum absolute atomic E-state index is 11.7. The van der Waals surface area contributed by atoms with Crippen molar-refractivity contribution in [1.29, 1.82) is 0 Å². The Morgan fingerprint density at radius 1 is 1.33 bits per heavy atom. The van der Waals surface area contributed by atoms with Crippen molar-refractivity contribution in [1.82, 2.24) is 9.62 Å². The summed E-state index contributed by atoms with van der Waals surface area (Å²) in [5.74, 6) is -0.0811. The number of hydrogen-bond acceptors (Lipinski definition) is 4. The maximum Gasteiger partial charge on any atom is 0.235 e. The molecule has 7 heteroatoms. The average molecular weight is 276 g/mol. The third-order valence-electron chi connectivity index (χ3n) is 3.32. The maximum atomic E-state index is 11.7. The summed E-state index contributed by atoms with van der Waals surface area (Å²) in [5, 5.41) is 2.74. The van der Waals surface area contributed by atoms with Crippen molar-refractivity contribution in [3.8, 4) is 0 Å².